The molecular formula is C26H29N3O6. The van der Waals surface area contributed by atoms with Crippen LogP contribution in [-0.2, 0) is 19.1 Å². The van der Waals surface area contributed by atoms with Crippen molar-refractivity contribution in [2.24, 2.45) is 0 Å². The number of carboxylic acids is 1. The summed E-state index contributed by atoms with van der Waals surface area (Å²) in [5, 5.41) is 11.6. The van der Waals surface area contributed by atoms with Crippen LogP contribution in [0.2, 0.25) is 0 Å². The number of alkyl carbamates (subject to hydrolysis) is 1. The topological polar surface area (TPSA) is 116 Å². The number of benzene rings is 2. The minimum absolute atomic E-state index is 0.0709. The van der Waals surface area contributed by atoms with Gasteiger partial charge in [0.2, 0.25) is 11.8 Å². The molecule has 2 aromatic carbocycles. The minimum atomic E-state index is -1.12. The van der Waals surface area contributed by atoms with Gasteiger partial charge in [-0.25, -0.2) is 4.79 Å². The zero-order valence-electron chi connectivity index (χ0n) is 19.8. The Morgan fingerprint density at radius 2 is 1.71 bits per heavy atom. The third-order valence-electron chi connectivity index (χ3n) is 6.80. The van der Waals surface area contributed by atoms with Crippen molar-refractivity contribution in [2.45, 2.75) is 37.3 Å². The Bertz CT molecular complexity index is 1100. The number of fused-ring (bicyclic) bond motifs is 3. The average molecular weight is 480 g/mol. The predicted molar refractivity (Wildman–Crippen MR) is 128 cm³/mol. The fourth-order valence-corrected chi connectivity index (χ4v) is 4.87. The standard InChI is InChI=1S/C26H29N3O6/c1-28-14-13-22(25(28)33)29(2)24(32)21(11-12-23(30)31)27-26(34)35-15-20-18-9-5-3-7-16(18)17-8-4-6-10-19(17)20/h3-10,20-22H,11-15H2,1-2H3,(H,27,34)(H,30,31). The minimum Gasteiger partial charge on any atom is -0.481 e. The third kappa shape index (κ3) is 4.99. The number of carbonyl (C=O) groups excluding carboxylic acids is 3. The molecule has 0 saturated carbocycles. The Kier molecular flexibility index (Phi) is 7.04. The summed E-state index contributed by atoms with van der Waals surface area (Å²) >= 11 is 0. The molecule has 2 aliphatic rings. The van der Waals surface area contributed by atoms with Crippen LogP contribution in [-0.4, -0.2) is 78.1 Å². The number of carboxylic acid groups (broad SMARTS) is 1. The highest BCUT2D eigenvalue weighted by atomic mass is 16.5. The van der Waals surface area contributed by atoms with Crippen molar-refractivity contribution in [3.8, 4) is 11.1 Å². The first-order valence-corrected chi connectivity index (χ1v) is 11.6. The van der Waals surface area contributed by atoms with Crippen LogP contribution in [0.3, 0.4) is 0 Å². The number of nitrogens with one attached hydrogen (secondary N) is 1. The molecule has 2 aromatic rings. The lowest BCUT2D eigenvalue weighted by Crippen LogP contribution is -2.52. The maximum absolute atomic E-state index is 13.1. The van der Waals surface area contributed by atoms with E-state index in [0.717, 1.165) is 22.3 Å². The largest absolute Gasteiger partial charge is 0.481 e. The summed E-state index contributed by atoms with van der Waals surface area (Å²) in [7, 11) is 3.16. The van der Waals surface area contributed by atoms with Crippen LogP contribution in [0.25, 0.3) is 11.1 Å². The van der Waals surface area contributed by atoms with Crippen molar-refractivity contribution < 1.29 is 29.0 Å². The lowest BCUT2D eigenvalue weighted by atomic mass is 9.98. The van der Waals surface area contributed by atoms with Crippen LogP contribution >= 0.6 is 0 Å². The van der Waals surface area contributed by atoms with Crippen LogP contribution in [0.4, 0.5) is 4.79 Å². The number of rotatable bonds is 8. The second-order valence-corrected chi connectivity index (χ2v) is 8.97. The molecule has 1 saturated heterocycles. The molecule has 1 aliphatic carbocycles. The number of nitrogens with zero attached hydrogens (tertiary/aromatic N) is 2. The number of likely N-dealkylation sites (tertiary alicyclic amines) is 1. The van der Waals surface area contributed by atoms with Crippen LogP contribution in [0.15, 0.2) is 48.5 Å². The Balaban J connectivity index is 1.43. The molecule has 1 heterocycles. The van der Waals surface area contributed by atoms with Crippen LogP contribution in [0.1, 0.15) is 36.3 Å². The predicted octanol–water partition coefficient (Wildman–Crippen LogP) is 2.45. The van der Waals surface area contributed by atoms with Crippen molar-refractivity contribution >= 4 is 23.9 Å². The molecule has 184 valence electrons. The van der Waals surface area contributed by atoms with E-state index in [1.807, 2.05) is 48.5 Å². The zero-order chi connectivity index (χ0) is 25.1. The van der Waals surface area contributed by atoms with Gasteiger partial charge in [0.15, 0.2) is 0 Å². The molecule has 2 unspecified atom stereocenters. The van der Waals surface area contributed by atoms with Crippen LogP contribution in [0, 0.1) is 0 Å². The Morgan fingerprint density at radius 3 is 2.26 bits per heavy atom. The van der Waals surface area contributed by atoms with Gasteiger partial charge in [0, 0.05) is 33.0 Å². The van der Waals surface area contributed by atoms with Crippen molar-refractivity contribution in [2.75, 3.05) is 27.2 Å². The molecule has 3 amide bonds. The normalized spacial score (nSPS) is 17.5. The third-order valence-corrected chi connectivity index (χ3v) is 6.80. The number of likely N-dealkylation sites (N-methyl/N-ethyl adjacent to an activating group) is 2. The van der Waals surface area contributed by atoms with Crippen molar-refractivity contribution in [1.29, 1.82) is 0 Å². The van der Waals surface area contributed by atoms with Gasteiger partial charge in [0.25, 0.3) is 0 Å². The van der Waals surface area contributed by atoms with Crippen molar-refractivity contribution in [1.82, 2.24) is 15.1 Å². The molecule has 4 rings (SSSR count). The molecule has 9 heteroatoms. The number of hydrogen-bond acceptors (Lipinski definition) is 5. The van der Waals surface area contributed by atoms with E-state index in [2.05, 4.69) is 5.32 Å². The summed E-state index contributed by atoms with van der Waals surface area (Å²) in [5.41, 5.74) is 4.31. The maximum atomic E-state index is 13.1. The zero-order valence-corrected chi connectivity index (χ0v) is 19.8. The van der Waals surface area contributed by atoms with E-state index in [1.165, 1.54) is 11.9 Å². The van der Waals surface area contributed by atoms with Gasteiger partial charge in [-0.1, -0.05) is 48.5 Å². The van der Waals surface area contributed by atoms with E-state index in [9.17, 15) is 19.2 Å². The molecule has 9 nitrogen and oxygen atoms in total. The molecule has 35 heavy (non-hydrogen) atoms. The molecule has 0 radical (unpaired) electrons. The van der Waals surface area contributed by atoms with E-state index in [4.69, 9.17) is 9.84 Å². The summed E-state index contributed by atoms with van der Waals surface area (Å²) in [4.78, 5) is 52.1. The van der Waals surface area contributed by atoms with E-state index in [1.54, 1.807) is 11.9 Å². The number of ether oxygens (including phenoxy) is 1. The quantitative estimate of drug-likeness (QED) is 0.601. The lowest BCUT2D eigenvalue weighted by molar-refractivity contribution is -0.142. The van der Waals surface area contributed by atoms with Crippen molar-refractivity contribution in [3.63, 3.8) is 0 Å². The van der Waals surface area contributed by atoms with Gasteiger partial charge >= 0.3 is 12.1 Å². The molecule has 1 fully saturated rings. The van der Waals surface area contributed by atoms with Crippen molar-refractivity contribution in [3.05, 3.63) is 59.7 Å². The molecule has 2 N–H and O–H groups in total. The smallest absolute Gasteiger partial charge is 0.407 e. The Hall–Kier alpha value is -3.88. The first-order valence-electron chi connectivity index (χ1n) is 11.6. The molecule has 0 aromatic heterocycles. The van der Waals surface area contributed by atoms with Crippen LogP contribution < -0.4 is 5.32 Å². The lowest BCUT2D eigenvalue weighted by Gasteiger charge is -2.28. The summed E-state index contributed by atoms with van der Waals surface area (Å²) in [6.45, 7) is 0.599. The highest BCUT2D eigenvalue weighted by Gasteiger charge is 2.37. The average Bonchev–Trinajstić information content (AvgIpc) is 3.36. The van der Waals surface area contributed by atoms with Gasteiger partial charge in [0.05, 0.1) is 0 Å². The van der Waals surface area contributed by atoms with Gasteiger partial charge in [-0.2, -0.15) is 0 Å². The molecule has 0 bridgehead atoms. The number of hydrogen-bond donors (Lipinski definition) is 2. The van der Waals surface area contributed by atoms with Gasteiger partial charge in [-0.3, -0.25) is 14.4 Å². The first-order chi connectivity index (χ1) is 16.8. The van der Waals surface area contributed by atoms with Gasteiger partial charge in [-0.15, -0.1) is 0 Å². The monoisotopic (exact) mass is 479 g/mol. The van der Waals surface area contributed by atoms with E-state index in [0.29, 0.717) is 13.0 Å². The van der Waals surface area contributed by atoms with Crippen LogP contribution in [0.5, 0.6) is 0 Å². The Morgan fingerprint density at radius 1 is 1.11 bits per heavy atom. The van der Waals surface area contributed by atoms with E-state index < -0.39 is 30.1 Å². The van der Waals surface area contributed by atoms with Gasteiger partial charge < -0.3 is 25.0 Å². The number of amides is 3. The van der Waals surface area contributed by atoms with Gasteiger partial charge in [-0.05, 0) is 35.1 Å². The Labute approximate surface area is 203 Å². The highest BCUT2D eigenvalue weighted by Crippen LogP contribution is 2.44. The first kappa shape index (κ1) is 24.3. The number of aliphatic carboxylic acids is 1. The summed E-state index contributed by atoms with van der Waals surface area (Å²) in [5.74, 6) is -1.93. The second kappa shape index (κ2) is 10.2. The van der Waals surface area contributed by atoms with Gasteiger partial charge in [0.1, 0.15) is 18.7 Å². The molecule has 1 aliphatic heterocycles. The summed E-state index contributed by atoms with van der Waals surface area (Å²) in [6, 6.07) is 14.1. The second-order valence-electron chi connectivity index (χ2n) is 8.97. The summed E-state index contributed by atoms with van der Waals surface area (Å²) < 4.78 is 5.53. The maximum Gasteiger partial charge on any atom is 0.407 e. The SMILES string of the molecule is CN1CCC(N(C)C(=O)C(CCC(=O)O)NC(=O)OCC2c3ccccc3-c3ccccc32)C1=O. The fourth-order valence-electron chi connectivity index (χ4n) is 4.87. The molecular weight excluding hydrogens is 450 g/mol. The van der Waals surface area contributed by atoms with E-state index >= 15 is 0 Å². The molecule has 2 atom stereocenters. The summed E-state index contributed by atoms with van der Waals surface area (Å²) in [6.07, 6.45) is -0.751. The highest BCUT2D eigenvalue weighted by molar-refractivity contribution is 5.92. The van der Waals surface area contributed by atoms with E-state index in [-0.39, 0.29) is 31.3 Å². The molecule has 0 spiro atoms. The fraction of sp³-hybridized carbons (Fsp3) is 0.385. The number of carbonyl (C=O) groups is 4.